The number of hydrogen-bond acceptors (Lipinski definition) is 4. The van der Waals surface area contributed by atoms with Gasteiger partial charge in [-0.1, -0.05) is 0 Å². The molecule has 2 aliphatic heterocycles. The number of halogens is 1. The number of methoxy groups -OCH3 is 1. The summed E-state index contributed by atoms with van der Waals surface area (Å²) >= 11 is 1.80. The molecule has 6 heteroatoms. The summed E-state index contributed by atoms with van der Waals surface area (Å²) in [6, 6.07) is 0.0521. The molecular formula is C10H19ClN2O2S. The lowest BCUT2D eigenvalue weighted by molar-refractivity contribution is -0.131. The monoisotopic (exact) mass is 266 g/mol. The second-order valence-corrected chi connectivity index (χ2v) is 5.20. The Kier molecular flexibility index (Phi) is 5.89. The molecule has 0 radical (unpaired) electrons. The largest absolute Gasteiger partial charge is 0.384 e. The van der Waals surface area contributed by atoms with Gasteiger partial charge in [-0.05, 0) is 6.42 Å². The summed E-state index contributed by atoms with van der Waals surface area (Å²) in [5.41, 5.74) is 0. The van der Waals surface area contributed by atoms with Crippen molar-refractivity contribution in [2.24, 2.45) is 5.92 Å². The van der Waals surface area contributed by atoms with E-state index in [-0.39, 0.29) is 24.4 Å². The van der Waals surface area contributed by atoms with Crippen molar-refractivity contribution in [3.63, 3.8) is 0 Å². The molecule has 2 fully saturated rings. The van der Waals surface area contributed by atoms with E-state index in [1.54, 1.807) is 18.9 Å². The van der Waals surface area contributed by atoms with Crippen LogP contribution in [0.5, 0.6) is 0 Å². The van der Waals surface area contributed by atoms with Crippen LogP contribution in [-0.2, 0) is 9.53 Å². The zero-order valence-corrected chi connectivity index (χ0v) is 11.1. The van der Waals surface area contributed by atoms with Gasteiger partial charge >= 0.3 is 0 Å². The van der Waals surface area contributed by atoms with Crippen LogP contribution in [0, 0.1) is 5.92 Å². The minimum absolute atomic E-state index is 0. The number of carbonyl (C=O) groups is 1. The van der Waals surface area contributed by atoms with Crippen LogP contribution in [0.15, 0.2) is 0 Å². The number of amides is 1. The first-order valence-corrected chi connectivity index (χ1v) is 6.55. The number of thioether (sulfide) groups is 1. The SMILES string of the molecule is COCC1CCN(C(=O)C2CSCN2)C1.Cl. The smallest absolute Gasteiger partial charge is 0.240 e. The lowest BCUT2D eigenvalue weighted by atomic mass is 10.1. The van der Waals surface area contributed by atoms with E-state index in [1.165, 1.54) is 0 Å². The molecule has 0 aromatic rings. The lowest BCUT2D eigenvalue weighted by Gasteiger charge is -2.20. The molecule has 16 heavy (non-hydrogen) atoms. The highest BCUT2D eigenvalue weighted by Crippen LogP contribution is 2.19. The molecule has 1 N–H and O–H groups in total. The number of hydrogen-bond donors (Lipinski definition) is 1. The predicted molar refractivity (Wildman–Crippen MR) is 68.1 cm³/mol. The van der Waals surface area contributed by atoms with E-state index < -0.39 is 0 Å². The molecule has 2 aliphatic rings. The zero-order chi connectivity index (χ0) is 10.7. The van der Waals surface area contributed by atoms with E-state index in [9.17, 15) is 4.79 Å². The second kappa shape index (κ2) is 6.69. The van der Waals surface area contributed by atoms with E-state index in [0.717, 1.165) is 37.7 Å². The van der Waals surface area contributed by atoms with Crippen LogP contribution >= 0.6 is 24.2 Å². The topological polar surface area (TPSA) is 41.6 Å². The molecule has 0 bridgehead atoms. The van der Waals surface area contributed by atoms with Crippen LogP contribution in [0.25, 0.3) is 0 Å². The third-order valence-corrected chi connectivity index (χ3v) is 3.95. The van der Waals surface area contributed by atoms with Gasteiger partial charge in [0, 0.05) is 37.7 Å². The van der Waals surface area contributed by atoms with Gasteiger partial charge in [0.15, 0.2) is 0 Å². The molecule has 94 valence electrons. The number of nitrogens with one attached hydrogen (secondary N) is 1. The molecular weight excluding hydrogens is 248 g/mol. The fourth-order valence-electron chi connectivity index (χ4n) is 2.18. The lowest BCUT2D eigenvalue weighted by Crippen LogP contribution is -2.44. The molecule has 2 atom stereocenters. The maximum atomic E-state index is 12.0. The van der Waals surface area contributed by atoms with Gasteiger partial charge in [-0.2, -0.15) is 0 Å². The highest BCUT2D eigenvalue weighted by atomic mass is 35.5. The van der Waals surface area contributed by atoms with Gasteiger partial charge in [0.2, 0.25) is 5.91 Å². The molecule has 0 aromatic heterocycles. The summed E-state index contributed by atoms with van der Waals surface area (Å²) in [5.74, 6) is 2.64. The van der Waals surface area contributed by atoms with Gasteiger partial charge in [0.1, 0.15) is 0 Å². The first-order chi connectivity index (χ1) is 7.31. The van der Waals surface area contributed by atoms with Crippen molar-refractivity contribution < 1.29 is 9.53 Å². The number of likely N-dealkylation sites (tertiary alicyclic amines) is 1. The summed E-state index contributed by atoms with van der Waals surface area (Å²) in [6.45, 7) is 2.54. The van der Waals surface area contributed by atoms with Gasteiger partial charge in [-0.15, -0.1) is 24.2 Å². The molecule has 0 spiro atoms. The Balaban J connectivity index is 0.00000128. The van der Waals surface area contributed by atoms with Crippen molar-refractivity contribution in [2.75, 3.05) is 38.4 Å². The Labute approximate surface area is 107 Å². The Morgan fingerprint density at radius 1 is 1.62 bits per heavy atom. The maximum absolute atomic E-state index is 12.0. The normalized spacial score (nSPS) is 29.2. The minimum atomic E-state index is 0. The van der Waals surface area contributed by atoms with Gasteiger partial charge < -0.3 is 9.64 Å². The number of ether oxygens (including phenoxy) is 1. The Hall–Kier alpha value is 0.0300. The summed E-state index contributed by atoms with van der Waals surface area (Å²) in [5, 5.41) is 3.22. The third kappa shape index (κ3) is 3.26. The van der Waals surface area contributed by atoms with Crippen LogP contribution < -0.4 is 5.32 Å². The molecule has 0 aromatic carbocycles. The molecule has 1 amide bonds. The van der Waals surface area contributed by atoms with Gasteiger partial charge in [-0.3, -0.25) is 10.1 Å². The number of rotatable bonds is 3. The zero-order valence-electron chi connectivity index (χ0n) is 9.48. The first-order valence-electron chi connectivity index (χ1n) is 5.40. The van der Waals surface area contributed by atoms with E-state index in [2.05, 4.69) is 5.32 Å². The second-order valence-electron chi connectivity index (χ2n) is 4.17. The number of nitrogens with zero attached hydrogens (tertiary/aromatic N) is 1. The molecule has 0 saturated carbocycles. The van der Waals surface area contributed by atoms with Crippen molar-refractivity contribution in [3.8, 4) is 0 Å². The van der Waals surface area contributed by atoms with Crippen molar-refractivity contribution >= 4 is 30.1 Å². The summed E-state index contributed by atoms with van der Waals surface area (Å²) in [7, 11) is 1.72. The fraction of sp³-hybridized carbons (Fsp3) is 0.900. The average molecular weight is 267 g/mol. The van der Waals surface area contributed by atoms with Crippen LogP contribution in [0.4, 0.5) is 0 Å². The highest BCUT2D eigenvalue weighted by molar-refractivity contribution is 7.99. The molecule has 4 nitrogen and oxygen atoms in total. The summed E-state index contributed by atoms with van der Waals surface area (Å²) in [6.07, 6.45) is 1.08. The van der Waals surface area contributed by atoms with Crippen molar-refractivity contribution in [2.45, 2.75) is 12.5 Å². The van der Waals surface area contributed by atoms with Crippen LogP contribution in [0.1, 0.15) is 6.42 Å². The van der Waals surface area contributed by atoms with Crippen LogP contribution in [-0.4, -0.2) is 55.3 Å². The van der Waals surface area contributed by atoms with E-state index in [1.807, 2.05) is 4.90 Å². The fourth-order valence-corrected chi connectivity index (χ4v) is 3.11. The van der Waals surface area contributed by atoms with Gasteiger partial charge in [0.25, 0.3) is 0 Å². The average Bonchev–Trinajstić information content (AvgIpc) is 2.87. The molecule has 2 rings (SSSR count). The van der Waals surface area contributed by atoms with E-state index in [0.29, 0.717) is 5.92 Å². The standard InChI is InChI=1S/C10H18N2O2S.ClH/c1-14-5-8-2-3-12(4-8)10(13)9-6-15-7-11-9;/h8-9,11H,2-7H2,1H3;1H. The van der Waals surface area contributed by atoms with Crippen molar-refractivity contribution in [1.29, 1.82) is 0 Å². The summed E-state index contributed by atoms with van der Waals surface area (Å²) < 4.78 is 5.12. The predicted octanol–water partition coefficient (Wildman–Crippen LogP) is 0.566. The summed E-state index contributed by atoms with van der Waals surface area (Å²) in [4.78, 5) is 14.0. The quantitative estimate of drug-likeness (QED) is 0.811. The first kappa shape index (κ1) is 14.1. The highest BCUT2D eigenvalue weighted by Gasteiger charge is 2.32. The van der Waals surface area contributed by atoms with E-state index >= 15 is 0 Å². The van der Waals surface area contributed by atoms with Gasteiger partial charge in [-0.25, -0.2) is 0 Å². The van der Waals surface area contributed by atoms with Crippen molar-refractivity contribution in [1.82, 2.24) is 10.2 Å². The molecule has 2 unspecified atom stereocenters. The Morgan fingerprint density at radius 2 is 2.44 bits per heavy atom. The third-order valence-electron chi connectivity index (χ3n) is 3.01. The maximum Gasteiger partial charge on any atom is 0.240 e. The minimum Gasteiger partial charge on any atom is -0.384 e. The van der Waals surface area contributed by atoms with Gasteiger partial charge in [0.05, 0.1) is 12.6 Å². The molecule has 0 aliphatic carbocycles. The number of carbonyl (C=O) groups excluding carboxylic acids is 1. The molecule has 2 heterocycles. The van der Waals surface area contributed by atoms with E-state index in [4.69, 9.17) is 4.74 Å². The van der Waals surface area contributed by atoms with Crippen molar-refractivity contribution in [3.05, 3.63) is 0 Å². The Bertz CT molecular complexity index is 237. The molecule has 2 saturated heterocycles. The van der Waals surface area contributed by atoms with Crippen LogP contribution in [0.3, 0.4) is 0 Å². The van der Waals surface area contributed by atoms with Crippen LogP contribution in [0.2, 0.25) is 0 Å². The Morgan fingerprint density at radius 3 is 3.06 bits per heavy atom.